The summed E-state index contributed by atoms with van der Waals surface area (Å²) in [6.07, 6.45) is 5.04. The lowest BCUT2D eigenvalue weighted by Gasteiger charge is -2.08. The third-order valence-electron chi connectivity index (χ3n) is 4.32. The van der Waals surface area contributed by atoms with Crippen LogP contribution in [0.15, 0.2) is 53.9 Å². The maximum Gasteiger partial charge on any atom is 0.234 e. The normalized spacial score (nSPS) is 12.8. The molecule has 1 amide bonds. The quantitative estimate of drug-likeness (QED) is 0.671. The van der Waals surface area contributed by atoms with Gasteiger partial charge in [-0.15, -0.1) is 10.2 Å². The Morgan fingerprint density at radius 1 is 1.19 bits per heavy atom. The van der Waals surface area contributed by atoms with Gasteiger partial charge in [-0.2, -0.15) is 0 Å². The molecule has 0 bridgehead atoms. The fraction of sp³-hybridized carbons (Fsp3) is 0.211. The van der Waals surface area contributed by atoms with Crippen LogP contribution in [0.2, 0.25) is 5.02 Å². The minimum atomic E-state index is -0.0615. The Bertz CT molecular complexity index is 956. The molecular formula is C19H17ClN4OS. The van der Waals surface area contributed by atoms with Crippen molar-refractivity contribution in [2.45, 2.75) is 24.4 Å². The molecule has 0 spiro atoms. The molecule has 0 atom stereocenters. The highest BCUT2D eigenvalue weighted by Crippen LogP contribution is 2.25. The average Bonchev–Trinajstić information content (AvgIpc) is 3.28. The number of anilines is 1. The van der Waals surface area contributed by atoms with Gasteiger partial charge in [0.1, 0.15) is 6.33 Å². The van der Waals surface area contributed by atoms with Crippen LogP contribution in [0.1, 0.15) is 17.5 Å². The highest BCUT2D eigenvalue weighted by atomic mass is 35.5. The van der Waals surface area contributed by atoms with Crippen LogP contribution in [0.3, 0.4) is 0 Å². The van der Waals surface area contributed by atoms with E-state index in [0.717, 1.165) is 24.2 Å². The van der Waals surface area contributed by atoms with Crippen molar-refractivity contribution in [3.63, 3.8) is 0 Å². The molecule has 0 saturated carbocycles. The third kappa shape index (κ3) is 3.76. The summed E-state index contributed by atoms with van der Waals surface area (Å²) in [5.74, 6) is 0.199. The second-order valence-corrected chi connectivity index (χ2v) is 7.52. The SMILES string of the molecule is O=C(CSc1nncn1-c1cccc(Cl)c1)Nc1ccc2c(c1)CCC2. The molecule has 2 aromatic carbocycles. The summed E-state index contributed by atoms with van der Waals surface area (Å²) in [5, 5.41) is 12.3. The van der Waals surface area contributed by atoms with E-state index in [0.29, 0.717) is 10.2 Å². The lowest BCUT2D eigenvalue weighted by Crippen LogP contribution is -2.14. The number of carbonyl (C=O) groups excluding carboxylic acids is 1. The van der Waals surface area contributed by atoms with Gasteiger partial charge in [-0.1, -0.05) is 35.5 Å². The van der Waals surface area contributed by atoms with Gasteiger partial charge in [-0.05, 0) is 60.7 Å². The molecule has 0 fully saturated rings. The van der Waals surface area contributed by atoms with Crippen LogP contribution in [0.4, 0.5) is 5.69 Å². The van der Waals surface area contributed by atoms with Crippen LogP contribution in [-0.4, -0.2) is 26.4 Å². The fourth-order valence-corrected chi connectivity index (χ4v) is 4.02. The fourth-order valence-electron chi connectivity index (χ4n) is 3.10. The largest absolute Gasteiger partial charge is 0.325 e. The van der Waals surface area contributed by atoms with Gasteiger partial charge in [-0.3, -0.25) is 9.36 Å². The number of aryl methyl sites for hydroxylation is 2. The van der Waals surface area contributed by atoms with Crippen LogP contribution in [0.25, 0.3) is 5.69 Å². The zero-order valence-electron chi connectivity index (χ0n) is 14.0. The minimum absolute atomic E-state index is 0.0615. The first-order chi connectivity index (χ1) is 12.7. The van der Waals surface area contributed by atoms with Gasteiger partial charge in [0.05, 0.1) is 11.4 Å². The van der Waals surface area contributed by atoms with Crippen molar-refractivity contribution in [1.29, 1.82) is 0 Å². The zero-order valence-corrected chi connectivity index (χ0v) is 15.6. The summed E-state index contributed by atoms with van der Waals surface area (Å²) in [5.41, 5.74) is 4.46. The molecule has 3 aromatic rings. The number of hydrogen-bond acceptors (Lipinski definition) is 4. The second kappa shape index (κ2) is 7.51. The molecule has 26 heavy (non-hydrogen) atoms. The number of benzene rings is 2. The number of aromatic nitrogens is 3. The van der Waals surface area contributed by atoms with Crippen LogP contribution in [-0.2, 0) is 17.6 Å². The molecular weight excluding hydrogens is 368 g/mol. The van der Waals surface area contributed by atoms with Gasteiger partial charge in [0.2, 0.25) is 5.91 Å². The van der Waals surface area contributed by atoms with E-state index < -0.39 is 0 Å². The average molecular weight is 385 g/mol. The van der Waals surface area contributed by atoms with Gasteiger partial charge < -0.3 is 5.32 Å². The first kappa shape index (κ1) is 17.1. The van der Waals surface area contributed by atoms with E-state index in [2.05, 4.69) is 27.6 Å². The number of rotatable bonds is 5. The molecule has 1 heterocycles. The van der Waals surface area contributed by atoms with Crippen LogP contribution < -0.4 is 5.32 Å². The van der Waals surface area contributed by atoms with Crippen molar-refractivity contribution >= 4 is 35.0 Å². The van der Waals surface area contributed by atoms with Crippen molar-refractivity contribution < 1.29 is 4.79 Å². The Labute approximate surface area is 160 Å². The number of nitrogens with one attached hydrogen (secondary N) is 1. The molecule has 1 aromatic heterocycles. The first-order valence-electron chi connectivity index (χ1n) is 8.39. The molecule has 1 aliphatic carbocycles. The molecule has 1 N–H and O–H groups in total. The van der Waals surface area contributed by atoms with E-state index in [9.17, 15) is 4.79 Å². The van der Waals surface area contributed by atoms with Crippen LogP contribution in [0.5, 0.6) is 0 Å². The number of halogens is 1. The van der Waals surface area contributed by atoms with Gasteiger partial charge in [-0.25, -0.2) is 0 Å². The van der Waals surface area contributed by atoms with E-state index >= 15 is 0 Å². The van der Waals surface area contributed by atoms with E-state index in [1.54, 1.807) is 6.33 Å². The molecule has 7 heteroatoms. The number of thioether (sulfide) groups is 1. The maximum absolute atomic E-state index is 12.3. The zero-order chi connectivity index (χ0) is 17.9. The lowest BCUT2D eigenvalue weighted by molar-refractivity contribution is -0.113. The van der Waals surface area contributed by atoms with Gasteiger partial charge >= 0.3 is 0 Å². The maximum atomic E-state index is 12.3. The minimum Gasteiger partial charge on any atom is -0.325 e. The molecule has 5 nitrogen and oxygen atoms in total. The molecule has 0 aliphatic heterocycles. The summed E-state index contributed by atoms with van der Waals surface area (Å²) in [7, 11) is 0. The van der Waals surface area contributed by atoms with E-state index in [1.165, 1.54) is 29.3 Å². The van der Waals surface area contributed by atoms with Crippen LogP contribution in [0, 0.1) is 0 Å². The van der Waals surface area contributed by atoms with Crippen molar-refractivity contribution in [1.82, 2.24) is 14.8 Å². The smallest absolute Gasteiger partial charge is 0.234 e. The Morgan fingerprint density at radius 2 is 2.08 bits per heavy atom. The highest BCUT2D eigenvalue weighted by molar-refractivity contribution is 7.99. The Morgan fingerprint density at radius 3 is 2.96 bits per heavy atom. The predicted molar refractivity (Wildman–Crippen MR) is 104 cm³/mol. The first-order valence-corrected chi connectivity index (χ1v) is 9.76. The topological polar surface area (TPSA) is 59.8 Å². The molecule has 0 radical (unpaired) electrons. The Kier molecular flexibility index (Phi) is 4.95. The molecule has 4 rings (SSSR count). The second-order valence-electron chi connectivity index (χ2n) is 6.14. The highest BCUT2D eigenvalue weighted by Gasteiger charge is 2.13. The van der Waals surface area contributed by atoms with Crippen molar-refractivity contribution in [2.75, 3.05) is 11.1 Å². The number of amides is 1. The van der Waals surface area contributed by atoms with Crippen molar-refractivity contribution in [3.05, 3.63) is 64.9 Å². The van der Waals surface area contributed by atoms with Gasteiger partial charge in [0, 0.05) is 10.7 Å². The van der Waals surface area contributed by atoms with Gasteiger partial charge in [0.25, 0.3) is 0 Å². The van der Waals surface area contributed by atoms with Crippen molar-refractivity contribution in [2.24, 2.45) is 0 Å². The van der Waals surface area contributed by atoms with E-state index in [1.807, 2.05) is 34.9 Å². The standard InChI is InChI=1S/C19H17ClN4OS/c20-15-5-2-6-17(10-15)24-12-21-23-19(24)26-11-18(25)22-16-8-7-13-3-1-4-14(13)9-16/h2,5-10,12H,1,3-4,11H2,(H,22,25). The lowest BCUT2D eigenvalue weighted by atomic mass is 10.1. The Hall–Kier alpha value is -2.31. The van der Waals surface area contributed by atoms with Crippen LogP contribution >= 0.6 is 23.4 Å². The van der Waals surface area contributed by atoms with E-state index in [4.69, 9.17) is 11.6 Å². The summed E-state index contributed by atoms with van der Waals surface area (Å²) in [6.45, 7) is 0. The van der Waals surface area contributed by atoms with Gasteiger partial charge in [0.15, 0.2) is 5.16 Å². The number of hydrogen-bond donors (Lipinski definition) is 1. The Balaban J connectivity index is 1.40. The third-order valence-corrected chi connectivity index (χ3v) is 5.50. The van der Waals surface area contributed by atoms with Crippen molar-refractivity contribution in [3.8, 4) is 5.69 Å². The summed E-state index contributed by atoms with van der Waals surface area (Å²) in [6, 6.07) is 13.6. The number of carbonyl (C=O) groups is 1. The molecule has 0 unspecified atom stereocenters. The molecule has 132 valence electrons. The molecule has 0 saturated heterocycles. The number of fused-ring (bicyclic) bond motifs is 1. The monoisotopic (exact) mass is 384 g/mol. The summed E-state index contributed by atoms with van der Waals surface area (Å²) >= 11 is 7.39. The number of nitrogens with zero attached hydrogens (tertiary/aromatic N) is 3. The molecule has 1 aliphatic rings. The predicted octanol–water partition coefficient (Wildman–Crippen LogP) is 4.14. The van der Waals surface area contributed by atoms with E-state index in [-0.39, 0.29) is 11.7 Å². The summed E-state index contributed by atoms with van der Waals surface area (Å²) < 4.78 is 1.82. The summed E-state index contributed by atoms with van der Waals surface area (Å²) in [4.78, 5) is 12.3.